The van der Waals surface area contributed by atoms with Gasteiger partial charge in [0.1, 0.15) is 0 Å². The quantitative estimate of drug-likeness (QED) is 0.153. The molecule has 0 amide bonds. The van der Waals surface area contributed by atoms with Crippen molar-refractivity contribution >= 4 is 43.6 Å². The van der Waals surface area contributed by atoms with Crippen molar-refractivity contribution in [2.45, 2.75) is 26.2 Å². The minimum Gasteiger partial charge on any atom is -0.309 e. The van der Waals surface area contributed by atoms with Crippen LogP contribution in [0.15, 0.2) is 243 Å². The molecule has 0 bridgehead atoms. The molecule has 0 spiro atoms. The van der Waals surface area contributed by atoms with E-state index in [9.17, 15) is 0 Å². The highest BCUT2D eigenvalue weighted by atomic mass is 15.0. The van der Waals surface area contributed by atoms with Gasteiger partial charge in [-0.15, -0.1) is 0 Å². The molecule has 0 saturated heterocycles. The molecule has 0 atom stereocenters. The Morgan fingerprint density at radius 2 is 0.722 bits per heavy atom. The lowest BCUT2D eigenvalue weighted by atomic mass is 9.82. The summed E-state index contributed by atoms with van der Waals surface area (Å²) in [7, 11) is 0. The van der Waals surface area contributed by atoms with Gasteiger partial charge in [0.15, 0.2) is 17.5 Å². The zero-order chi connectivity index (χ0) is 48.3. The van der Waals surface area contributed by atoms with Gasteiger partial charge in [-0.25, -0.2) is 15.0 Å². The Labute approximate surface area is 419 Å². The minimum absolute atomic E-state index is 0.0141. The van der Waals surface area contributed by atoms with Crippen LogP contribution in [0, 0.1) is 0 Å². The average molecular weight is 924 g/mol. The van der Waals surface area contributed by atoms with Gasteiger partial charge in [0.2, 0.25) is 0 Å². The Bertz CT molecular complexity index is 4160. The van der Waals surface area contributed by atoms with E-state index in [4.69, 9.17) is 15.0 Å². The van der Waals surface area contributed by atoms with Crippen LogP contribution in [0.5, 0.6) is 0 Å². The van der Waals surface area contributed by atoms with Crippen LogP contribution in [-0.2, 0) is 5.41 Å². The molecule has 13 aromatic rings. The molecule has 0 aliphatic carbocycles. The summed E-state index contributed by atoms with van der Waals surface area (Å²) in [6.07, 6.45) is 0. The van der Waals surface area contributed by atoms with Crippen LogP contribution in [0.3, 0.4) is 0 Å². The fraction of sp³-hybridized carbons (Fsp3) is 0.0597. The third kappa shape index (κ3) is 7.54. The zero-order valence-electron chi connectivity index (χ0n) is 40.3. The van der Waals surface area contributed by atoms with E-state index in [1.165, 1.54) is 65.9 Å². The van der Waals surface area contributed by atoms with Crippen LogP contribution >= 0.6 is 0 Å². The predicted octanol–water partition coefficient (Wildman–Crippen LogP) is 17.4. The SMILES string of the molecule is CC(C)(C)c1ccccc1-c1ccc(-c2nc(-c3ccccc3)nc(-c3cccc(-c4ccc5c6ccccc6n(-c6ccc(-c7ccc8c(c7)c7ccccc7n8-c7ccccc7)cc6)c5c4)c3)n2)cc1. The van der Waals surface area contributed by atoms with E-state index in [1.807, 2.05) is 18.2 Å². The molecule has 0 aliphatic heterocycles. The summed E-state index contributed by atoms with van der Waals surface area (Å²) in [6, 6.07) is 86.8. The largest absolute Gasteiger partial charge is 0.309 e. The first-order valence-electron chi connectivity index (χ1n) is 24.7. The van der Waals surface area contributed by atoms with E-state index in [0.717, 1.165) is 44.7 Å². The van der Waals surface area contributed by atoms with Gasteiger partial charge in [-0.1, -0.05) is 203 Å². The third-order valence-electron chi connectivity index (χ3n) is 14.1. The standard InChI is InChI=1S/C67H49N5/c1-67(2,3)59-26-13-10-23-54(59)45-29-31-47(32-30-45)65-68-64(46-17-6-4-7-18-46)69-66(70-65)51-20-16-19-48(41-51)50-35-39-57-55-24-11-14-27-60(55)72(63(57)43-50)53-37-33-44(34-38-53)49-36-40-62-58(42-49)56-25-12-15-28-61(56)71(62)52-21-8-5-9-22-52/h4-43H,1-3H3. The lowest BCUT2D eigenvalue weighted by Crippen LogP contribution is -2.12. The Morgan fingerprint density at radius 3 is 1.43 bits per heavy atom. The molecule has 72 heavy (non-hydrogen) atoms. The van der Waals surface area contributed by atoms with Crippen molar-refractivity contribution in [1.82, 2.24) is 24.1 Å². The van der Waals surface area contributed by atoms with Gasteiger partial charge in [0.05, 0.1) is 22.1 Å². The Balaban J connectivity index is 0.867. The second-order valence-corrected chi connectivity index (χ2v) is 19.7. The number of fused-ring (bicyclic) bond motifs is 6. The van der Waals surface area contributed by atoms with E-state index < -0.39 is 0 Å². The van der Waals surface area contributed by atoms with Crippen molar-refractivity contribution in [1.29, 1.82) is 0 Å². The summed E-state index contributed by atoms with van der Waals surface area (Å²) in [5, 5.41) is 4.91. The van der Waals surface area contributed by atoms with Gasteiger partial charge in [0.25, 0.3) is 0 Å². The first-order chi connectivity index (χ1) is 35.3. The molecule has 0 unspecified atom stereocenters. The van der Waals surface area contributed by atoms with Crippen molar-refractivity contribution in [3.05, 3.63) is 248 Å². The Morgan fingerprint density at radius 1 is 0.278 bits per heavy atom. The maximum absolute atomic E-state index is 5.17. The number of para-hydroxylation sites is 3. The molecular formula is C67H49N5. The van der Waals surface area contributed by atoms with E-state index >= 15 is 0 Å². The maximum Gasteiger partial charge on any atom is 0.164 e. The summed E-state index contributed by atoms with van der Waals surface area (Å²) in [4.78, 5) is 15.3. The van der Waals surface area contributed by atoms with Crippen LogP contribution in [0.4, 0.5) is 0 Å². The van der Waals surface area contributed by atoms with E-state index in [1.54, 1.807) is 0 Å². The van der Waals surface area contributed by atoms with Gasteiger partial charge in [-0.3, -0.25) is 0 Å². The lowest BCUT2D eigenvalue weighted by Gasteiger charge is -2.23. The highest BCUT2D eigenvalue weighted by Gasteiger charge is 2.20. The molecule has 342 valence electrons. The summed E-state index contributed by atoms with van der Waals surface area (Å²) in [5.41, 5.74) is 18.1. The van der Waals surface area contributed by atoms with E-state index in [-0.39, 0.29) is 5.41 Å². The lowest BCUT2D eigenvalue weighted by molar-refractivity contribution is 0.592. The van der Waals surface area contributed by atoms with Gasteiger partial charge in [-0.2, -0.15) is 0 Å². The molecule has 3 heterocycles. The second-order valence-electron chi connectivity index (χ2n) is 19.7. The zero-order valence-corrected chi connectivity index (χ0v) is 40.3. The predicted molar refractivity (Wildman–Crippen MR) is 300 cm³/mol. The number of rotatable bonds is 8. The first kappa shape index (κ1) is 42.9. The number of benzene rings is 10. The first-order valence-corrected chi connectivity index (χ1v) is 24.7. The Kier molecular flexibility index (Phi) is 10.3. The molecule has 0 fully saturated rings. The van der Waals surface area contributed by atoms with Crippen LogP contribution < -0.4 is 0 Å². The summed E-state index contributed by atoms with van der Waals surface area (Å²) >= 11 is 0. The summed E-state index contributed by atoms with van der Waals surface area (Å²) in [6.45, 7) is 6.79. The summed E-state index contributed by atoms with van der Waals surface area (Å²) in [5.74, 6) is 1.89. The van der Waals surface area contributed by atoms with Gasteiger partial charge in [0, 0.05) is 49.6 Å². The molecule has 5 nitrogen and oxygen atoms in total. The van der Waals surface area contributed by atoms with Crippen molar-refractivity contribution < 1.29 is 0 Å². The van der Waals surface area contributed by atoms with Crippen LogP contribution in [0.2, 0.25) is 0 Å². The molecular weight excluding hydrogens is 875 g/mol. The molecule has 5 heteroatoms. The number of aromatic nitrogens is 5. The van der Waals surface area contributed by atoms with E-state index in [2.05, 4.69) is 254 Å². The minimum atomic E-state index is 0.0141. The normalized spacial score (nSPS) is 11.8. The molecule has 3 aromatic heterocycles. The topological polar surface area (TPSA) is 48.5 Å². The molecule has 0 radical (unpaired) electrons. The molecule has 0 N–H and O–H groups in total. The highest BCUT2D eigenvalue weighted by Crippen LogP contribution is 2.39. The Hall–Kier alpha value is -9.19. The number of hydrogen-bond donors (Lipinski definition) is 0. The maximum atomic E-state index is 5.17. The van der Waals surface area contributed by atoms with Crippen molar-refractivity contribution in [2.75, 3.05) is 0 Å². The molecule has 10 aromatic carbocycles. The number of hydrogen-bond acceptors (Lipinski definition) is 3. The fourth-order valence-electron chi connectivity index (χ4n) is 10.6. The monoisotopic (exact) mass is 923 g/mol. The smallest absolute Gasteiger partial charge is 0.164 e. The van der Waals surface area contributed by atoms with Crippen LogP contribution in [-0.4, -0.2) is 24.1 Å². The summed E-state index contributed by atoms with van der Waals surface area (Å²) < 4.78 is 4.76. The van der Waals surface area contributed by atoms with Crippen LogP contribution in [0.25, 0.3) is 123 Å². The van der Waals surface area contributed by atoms with Crippen LogP contribution in [0.1, 0.15) is 26.3 Å². The second kappa shape index (κ2) is 17.3. The average Bonchev–Trinajstić information content (AvgIpc) is 3.95. The van der Waals surface area contributed by atoms with E-state index in [0.29, 0.717) is 17.5 Å². The molecule has 13 rings (SSSR count). The van der Waals surface area contributed by atoms with Crippen molar-refractivity contribution in [2.24, 2.45) is 0 Å². The highest BCUT2D eigenvalue weighted by molar-refractivity contribution is 6.11. The molecule has 0 aliphatic rings. The van der Waals surface area contributed by atoms with Gasteiger partial charge < -0.3 is 9.13 Å². The van der Waals surface area contributed by atoms with Gasteiger partial charge in [-0.05, 0) is 105 Å². The van der Waals surface area contributed by atoms with Gasteiger partial charge >= 0.3 is 0 Å². The third-order valence-corrected chi connectivity index (χ3v) is 14.1. The van der Waals surface area contributed by atoms with Crippen molar-refractivity contribution in [3.8, 4) is 78.9 Å². The number of nitrogens with zero attached hydrogens (tertiary/aromatic N) is 5. The van der Waals surface area contributed by atoms with Crippen molar-refractivity contribution in [3.63, 3.8) is 0 Å². The molecule has 0 saturated carbocycles. The fourth-order valence-corrected chi connectivity index (χ4v) is 10.6.